The Hall–Kier alpha value is -1.81. The minimum atomic E-state index is -1.65. The molecule has 0 spiro atoms. The highest BCUT2D eigenvalue weighted by Gasteiger charge is 2.20. The van der Waals surface area contributed by atoms with Crippen LogP contribution in [0, 0.1) is 0 Å². The molecule has 3 nitrogen and oxygen atoms in total. The van der Waals surface area contributed by atoms with Crippen LogP contribution in [0.15, 0.2) is 47.1 Å². The quantitative estimate of drug-likeness (QED) is 0.529. The second-order valence-corrected chi connectivity index (χ2v) is 10.7. The van der Waals surface area contributed by atoms with Crippen LogP contribution in [0.1, 0.15) is 30.5 Å². The van der Waals surface area contributed by atoms with Crippen LogP contribution < -0.4 is 0 Å². The first kappa shape index (κ1) is 16.6. The number of hydrogen-bond donors (Lipinski definition) is 0. The summed E-state index contributed by atoms with van der Waals surface area (Å²) < 4.78 is 11.7. The molecular formula is C18H25NO2Si. The summed E-state index contributed by atoms with van der Waals surface area (Å²) in [7, 11) is -1.65. The van der Waals surface area contributed by atoms with E-state index in [9.17, 15) is 0 Å². The van der Waals surface area contributed by atoms with Crippen LogP contribution >= 0.6 is 0 Å². The minimum absolute atomic E-state index is 0.764. The van der Waals surface area contributed by atoms with Crippen molar-refractivity contribution in [2.75, 3.05) is 0 Å². The molecule has 0 aliphatic rings. The van der Waals surface area contributed by atoms with E-state index in [1.54, 1.807) is 6.26 Å². The van der Waals surface area contributed by atoms with Gasteiger partial charge in [-0.25, -0.2) is 4.98 Å². The number of nitrogens with zero attached hydrogens (tertiary/aromatic N) is 1. The summed E-state index contributed by atoms with van der Waals surface area (Å²) in [4.78, 5) is 4.59. The van der Waals surface area contributed by atoms with Gasteiger partial charge in [0.05, 0.1) is 0 Å². The smallest absolute Gasteiger partial charge is 0.242 e. The van der Waals surface area contributed by atoms with E-state index >= 15 is 0 Å². The molecule has 1 aromatic heterocycles. The number of aromatic nitrogens is 1. The monoisotopic (exact) mass is 315 g/mol. The number of aryl methyl sites for hydroxylation is 2. The Balaban J connectivity index is 2.04. The molecule has 4 heteroatoms. The second-order valence-electron chi connectivity index (χ2n) is 6.30. The second kappa shape index (κ2) is 7.45. The maximum Gasteiger partial charge on any atom is 0.242 e. The predicted molar refractivity (Wildman–Crippen MR) is 93.1 cm³/mol. The first-order valence-electron chi connectivity index (χ1n) is 7.86. The van der Waals surface area contributed by atoms with Gasteiger partial charge >= 0.3 is 0 Å². The molecule has 0 atom stereocenters. The number of rotatable bonds is 7. The molecule has 0 N–H and O–H groups in total. The molecule has 0 aliphatic heterocycles. The molecule has 118 valence electrons. The Morgan fingerprint density at radius 1 is 1.18 bits per heavy atom. The molecule has 0 radical (unpaired) electrons. The molecule has 22 heavy (non-hydrogen) atoms. The SMILES string of the molecule is CC/C=C(/O[Si](C)(C)C)c1coc(CCc2ccccc2)n1. The van der Waals surface area contributed by atoms with Gasteiger partial charge in [0.1, 0.15) is 17.7 Å². The predicted octanol–water partition coefficient (Wildman–Crippen LogP) is 5.06. The van der Waals surface area contributed by atoms with Crippen molar-refractivity contribution in [1.82, 2.24) is 4.98 Å². The minimum Gasteiger partial charge on any atom is -0.543 e. The topological polar surface area (TPSA) is 35.3 Å². The molecule has 1 heterocycles. The van der Waals surface area contributed by atoms with Gasteiger partial charge in [0, 0.05) is 6.42 Å². The van der Waals surface area contributed by atoms with E-state index in [1.807, 2.05) is 6.07 Å². The Morgan fingerprint density at radius 3 is 2.55 bits per heavy atom. The lowest BCUT2D eigenvalue weighted by atomic mass is 10.1. The van der Waals surface area contributed by atoms with Crippen molar-refractivity contribution in [3.05, 3.63) is 59.8 Å². The molecule has 0 fully saturated rings. The number of hydrogen-bond acceptors (Lipinski definition) is 3. The zero-order chi connectivity index (χ0) is 16.0. The van der Waals surface area contributed by atoms with Gasteiger partial charge in [-0.3, -0.25) is 0 Å². The van der Waals surface area contributed by atoms with E-state index in [0.717, 1.165) is 36.6 Å². The summed E-state index contributed by atoms with van der Waals surface area (Å²) in [5.74, 6) is 1.62. The van der Waals surface area contributed by atoms with Crippen LogP contribution in [0.3, 0.4) is 0 Å². The van der Waals surface area contributed by atoms with Gasteiger partial charge in [0.2, 0.25) is 8.32 Å². The third kappa shape index (κ3) is 5.19. The van der Waals surface area contributed by atoms with E-state index in [-0.39, 0.29) is 0 Å². The van der Waals surface area contributed by atoms with Gasteiger partial charge in [-0.2, -0.15) is 0 Å². The largest absolute Gasteiger partial charge is 0.543 e. The summed E-state index contributed by atoms with van der Waals surface area (Å²) in [6, 6.07) is 10.4. The number of benzene rings is 1. The van der Waals surface area contributed by atoms with Crippen LogP contribution in [0.2, 0.25) is 19.6 Å². The van der Waals surface area contributed by atoms with E-state index in [1.165, 1.54) is 5.56 Å². The van der Waals surface area contributed by atoms with Gasteiger partial charge in [0.25, 0.3) is 0 Å². The zero-order valence-corrected chi connectivity index (χ0v) is 14.9. The van der Waals surface area contributed by atoms with Crippen LogP contribution in [-0.2, 0) is 17.3 Å². The fourth-order valence-electron chi connectivity index (χ4n) is 2.15. The fraction of sp³-hybridized carbons (Fsp3) is 0.389. The molecule has 0 bridgehead atoms. The number of oxazole rings is 1. The summed E-state index contributed by atoms with van der Waals surface area (Å²) in [6.45, 7) is 8.62. The molecule has 0 saturated carbocycles. The third-order valence-corrected chi connectivity index (χ3v) is 3.91. The van der Waals surface area contributed by atoms with Gasteiger partial charge in [0.15, 0.2) is 5.89 Å². The van der Waals surface area contributed by atoms with Crippen LogP contribution in [0.25, 0.3) is 5.76 Å². The highest BCUT2D eigenvalue weighted by Crippen LogP contribution is 2.21. The van der Waals surface area contributed by atoms with Gasteiger partial charge in [-0.05, 0) is 44.1 Å². The lowest BCUT2D eigenvalue weighted by Gasteiger charge is -2.20. The standard InChI is InChI=1S/C18H25NO2Si/c1-5-9-17(21-22(2,3)4)16-14-20-18(19-16)13-12-15-10-7-6-8-11-15/h6-11,14H,5,12-13H2,1-4H3/b17-9+. The molecule has 0 unspecified atom stereocenters. The van der Waals surface area contributed by atoms with Gasteiger partial charge in [-0.15, -0.1) is 0 Å². The number of allylic oxidation sites excluding steroid dienone is 1. The third-order valence-electron chi connectivity index (χ3n) is 3.08. The molecule has 2 rings (SSSR count). The van der Waals surface area contributed by atoms with Crippen molar-refractivity contribution in [3.8, 4) is 0 Å². The first-order valence-corrected chi connectivity index (χ1v) is 11.3. The fourth-order valence-corrected chi connectivity index (χ4v) is 3.00. The van der Waals surface area contributed by atoms with E-state index in [4.69, 9.17) is 8.84 Å². The van der Waals surface area contributed by atoms with Crippen molar-refractivity contribution in [1.29, 1.82) is 0 Å². The molecule has 0 amide bonds. The average molecular weight is 315 g/mol. The van der Waals surface area contributed by atoms with Crippen molar-refractivity contribution in [2.45, 2.75) is 45.8 Å². The highest BCUT2D eigenvalue weighted by molar-refractivity contribution is 6.70. The van der Waals surface area contributed by atoms with Gasteiger partial charge < -0.3 is 8.84 Å². The highest BCUT2D eigenvalue weighted by atomic mass is 28.4. The summed E-state index contributed by atoms with van der Waals surface area (Å²) >= 11 is 0. The van der Waals surface area contributed by atoms with Crippen molar-refractivity contribution in [3.63, 3.8) is 0 Å². The molecular weight excluding hydrogens is 290 g/mol. The van der Waals surface area contributed by atoms with E-state index in [2.05, 4.69) is 61.9 Å². The normalized spacial score (nSPS) is 12.5. The first-order chi connectivity index (χ1) is 10.5. The molecule has 0 aliphatic carbocycles. The summed E-state index contributed by atoms with van der Waals surface area (Å²) in [5, 5.41) is 0. The van der Waals surface area contributed by atoms with Crippen molar-refractivity contribution < 1.29 is 8.84 Å². The van der Waals surface area contributed by atoms with Gasteiger partial charge in [-0.1, -0.05) is 37.3 Å². The Morgan fingerprint density at radius 2 is 1.91 bits per heavy atom. The van der Waals surface area contributed by atoms with E-state index < -0.39 is 8.32 Å². The van der Waals surface area contributed by atoms with Crippen molar-refractivity contribution >= 4 is 14.1 Å². The zero-order valence-electron chi connectivity index (χ0n) is 13.9. The summed E-state index contributed by atoms with van der Waals surface area (Å²) in [5.41, 5.74) is 2.11. The van der Waals surface area contributed by atoms with Crippen molar-refractivity contribution in [2.24, 2.45) is 0 Å². The average Bonchev–Trinajstić information content (AvgIpc) is 2.93. The maximum absolute atomic E-state index is 6.12. The molecule has 0 saturated heterocycles. The van der Waals surface area contributed by atoms with Crippen LogP contribution in [0.5, 0.6) is 0 Å². The summed E-state index contributed by atoms with van der Waals surface area (Å²) in [6.07, 6.45) is 6.45. The molecule has 1 aromatic carbocycles. The Kier molecular flexibility index (Phi) is 5.61. The maximum atomic E-state index is 6.12. The molecule has 2 aromatic rings. The Bertz CT molecular complexity index is 612. The van der Waals surface area contributed by atoms with E-state index in [0.29, 0.717) is 0 Å². The van der Waals surface area contributed by atoms with Crippen LogP contribution in [-0.4, -0.2) is 13.3 Å². The van der Waals surface area contributed by atoms with Crippen LogP contribution in [0.4, 0.5) is 0 Å². The Labute approximate surface area is 134 Å². The lowest BCUT2D eigenvalue weighted by Crippen LogP contribution is -2.24. The lowest BCUT2D eigenvalue weighted by molar-refractivity contribution is 0.491.